The van der Waals surface area contributed by atoms with Crippen LogP contribution < -0.4 is 26.6 Å². The van der Waals surface area contributed by atoms with Gasteiger partial charge in [0.15, 0.2) is 0 Å². The molecule has 1 aliphatic heterocycles. The number of nitrogens with one attached hydrogen (secondary N) is 6. The Labute approximate surface area is 321 Å². The van der Waals surface area contributed by atoms with Gasteiger partial charge in [0.25, 0.3) is 5.91 Å². The lowest BCUT2D eigenvalue weighted by molar-refractivity contribution is -0.130. The Morgan fingerprint density at radius 2 is 1.71 bits per heavy atom. The van der Waals surface area contributed by atoms with Crippen molar-refractivity contribution in [3.8, 4) is 11.1 Å². The fourth-order valence-corrected chi connectivity index (χ4v) is 7.25. The number of hydrogen-bond acceptors (Lipinski definition) is 7. The van der Waals surface area contributed by atoms with Gasteiger partial charge in [0.2, 0.25) is 17.7 Å². The zero-order valence-corrected chi connectivity index (χ0v) is 31.9. The summed E-state index contributed by atoms with van der Waals surface area (Å²) in [6.07, 6.45) is 5.84. The molecule has 2 aliphatic rings. The Hall–Kier alpha value is -5.72. The second-order valence-electron chi connectivity index (χ2n) is 15.7. The molecule has 13 heteroatoms. The average Bonchev–Trinajstić information content (AvgIpc) is 3.62. The third kappa shape index (κ3) is 10.5. The number of aromatic nitrogens is 2. The van der Waals surface area contributed by atoms with E-state index >= 15 is 0 Å². The number of fused-ring (bicyclic) bond motifs is 1. The third-order valence-electron chi connectivity index (χ3n) is 10.3. The van der Waals surface area contributed by atoms with Crippen LogP contribution >= 0.6 is 0 Å². The summed E-state index contributed by atoms with van der Waals surface area (Å²) in [6, 6.07) is 17.4. The van der Waals surface area contributed by atoms with Crippen LogP contribution in [-0.2, 0) is 25.5 Å². The van der Waals surface area contributed by atoms with Gasteiger partial charge < -0.3 is 31.3 Å². The number of aryl methyl sites for hydroxylation is 1. The number of amides is 5. The van der Waals surface area contributed by atoms with Crippen molar-refractivity contribution in [2.45, 2.75) is 90.3 Å². The molecule has 3 aromatic carbocycles. The van der Waals surface area contributed by atoms with Gasteiger partial charge in [-0.3, -0.25) is 24.3 Å². The van der Waals surface area contributed by atoms with Gasteiger partial charge >= 0.3 is 6.09 Å². The number of ether oxygens (including phenoxy) is 1. The van der Waals surface area contributed by atoms with Crippen LogP contribution in [0.2, 0.25) is 0 Å². The summed E-state index contributed by atoms with van der Waals surface area (Å²) in [6.45, 7) is 8.53. The molecule has 1 aliphatic carbocycles. The second-order valence-corrected chi connectivity index (χ2v) is 15.7. The average molecular weight is 750 g/mol. The molecule has 6 N–H and O–H groups in total. The van der Waals surface area contributed by atoms with Crippen molar-refractivity contribution in [2.75, 3.05) is 18.4 Å². The van der Waals surface area contributed by atoms with E-state index in [2.05, 4.69) is 36.8 Å². The summed E-state index contributed by atoms with van der Waals surface area (Å²) in [5.74, 6) is -0.939. The van der Waals surface area contributed by atoms with Gasteiger partial charge in [0, 0.05) is 42.1 Å². The molecule has 1 aromatic heterocycles. The van der Waals surface area contributed by atoms with E-state index < -0.39 is 23.8 Å². The van der Waals surface area contributed by atoms with Crippen LogP contribution in [0.5, 0.6) is 0 Å². The largest absolute Gasteiger partial charge is 0.444 e. The van der Waals surface area contributed by atoms with Crippen molar-refractivity contribution < 1.29 is 28.7 Å². The second kappa shape index (κ2) is 17.2. The molecule has 5 amide bonds. The standard InChI is InChI=1S/C42H51N7O6/c1-25-20-30(38(51)47-34-6-5-19-43-39(34)52)16-18-33(25)28-11-7-26(8-12-28)21-36(40(53)46-32-17-15-31-24-45-49-35(31)22-32)48-37(50)29-13-9-27(10-14-29)23-44-41(54)55-42(2,3)4/h7-8,11-12,15-18,20,22,24,27,29,34,36H,5-6,9-10,13-14,19,21,23H2,1-4H3,(H,43,52)(H,44,54)(H,45,49)(H,46,53)(H,47,51)(H,48,50)/t27-,29-,34?,36-/m0/s1. The molecule has 0 bridgehead atoms. The summed E-state index contributed by atoms with van der Waals surface area (Å²) in [5.41, 5.74) is 4.95. The first-order chi connectivity index (χ1) is 26.3. The van der Waals surface area contributed by atoms with E-state index in [1.54, 1.807) is 18.3 Å². The van der Waals surface area contributed by atoms with E-state index in [1.165, 1.54) is 0 Å². The summed E-state index contributed by atoms with van der Waals surface area (Å²) in [7, 11) is 0. The summed E-state index contributed by atoms with van der Waals surface area (Å²) in [4.78, 5) is 64.7. The Bertz CT molecular complexity index is 2030. The Morgan fingerprint density at radius 1 is 0.945 bits per heavy atom. The molecule has 290 valence electrons. The summed E-state index contributed by atoms with van der Waals surface area (Å²) in [5, 5.41) is 22.4. The number of nitrogens with zero attached hydrogens (tertiary/aromatic N) is 1. The highest BCUT2D eigenvalue weighted by Crippen LogP contribution is 2.30. The predicted octanol–water partition coefficient (Wildman–Crippen LogP) is 5.54. The van der Waals surface area contributed by atoms with E-state index in [1.807, 2.05) is 76.2 Å². The Balaban J connectivity index is 1.10. The molecule has 55 heavy (non-hydrogen) atoms. The number of rotatable bonds is 11. The molecular weight excluding hydrogens is 699 g/mol. The van der Waals surface area contributed by atoms with Gasteiger partial charge in [-0.2, -0.15) is 5.10 Å². The van der Waals surface area contributed by atoms with Crippen molar-refractivity contribution in [3.63, 3.8) is 0 Å². The normalized spacial score (nSPS) is 19.1. The molecule has 13 nitrogen and oxygen atoms in total. The van der Waals surface area contributed by atoms with E-state index in [0.717, 1.165) is 52.4 Å². The van der Waals surface area contributed by atoms with Crippen LogP contribution in [0.3, 0.4) is 0 Å². The highest BCUT2D eigenvalue weighted by Gasteiger charge is 2.31. The van der Waals surface area contributed by atoms with Gasteiger partial charge in [0.05, 0.1) is 11.7 Å². The fraction of sp³-hybridized carbons (Fsp3) is 0.429. The highest BCUT2D eigenvalue weighted by atomic mass is 16.6. The molecule has 1 unspecified atom stereocenters. The molecule has 4 aromatic rings. The lowest BCUT2D eigenvalue weighted by Gasteiger charge is -2.29. The Morgan fingerprint density at radius 3 is 2.42 bits per heavy atom. The molecule has 0 spiro atoms. The third-order valence-corrected chi connectivity index (χ3v) is 10.3. The van der Waals surface area contributed by atoms with Gasteiger partial charge in [-0.1, -0.05) is 30.3 Å². The lowest BCUT2D eigenvalue weighted by atomic mass is 9.81. The van der Waals surface area contributed by atoms with Crippen LogP contribution in [0.4, 0.5) is 10.5 Å². The maximum absolute atomic E-state index is 13.8. The molecule has 2 heterocycles. The number of alkyl carbamates (subject to hydrolysis) is 1. The fourth-order valence-electron chi connectivity index (χ4n) is 7.25. The molecule has 6 rings (SSSR count). The minimum absolute atomic E-state index is 0.156. The first-order valence-electron chi connectivity index (χ1n) is 19.1. The molecule has 1 saturated carbocycles. The number of aromatic amines is 1. The highest BCUT2D eigenvalue weighted by molar-refractivity contribution is 5.99. The molecule has 2 fully saturated rings. The number of anilines is 1. The molecule has 2 atom stereocenters. The van der Waals surface area contributed by atoms with Crippen LogP contribution in [0.1, 0.15) is 80.8 Å². The number of benzene rings is 3. The minimum Gasteiger partial charge on any atom is -0.444 e. The number of H-pyrrole nitrogens is 1. The number of hydrogen-bond donors (Lipinski definition) is 6. The number of piperidine rings is 1. The monoisotopic (exact) mass is 749 g/mol. The molecule has 1 saturated heterocycles. The zero-order valence-electron chi connectivity index (χ0n) is 31.9. The first-order valence-corrected chi connectivity index (χ1v) is 19.1. The van der Waals surface area contributed by atoms with Gasteiger partial charge in [-0.05, 0) is 125 Å². The van der Waals surface area contributed by atoms with Crippen molar-refractivity contribution in [2.24, 2.45) is 11.8 Å². The zero-order chi connectivity index (χ0) is 39.1. The van der Waals surface area contributed by atoms with Crippen LogP contribution in [0.25, 0.3) is 22.0 Å². The lowest BCUT2D eigenvalue weighted by Crippen LogP contribution is -2.50. The first kappa shape index (κ1) is 39.0. The van der Waals surface area contributed by atoms with E-state index in [0.29, 0.717) is 43.6 Å². The maximum atomic E-state index is 13.8. The SMILES string of the molecule is Cc1cc(C(=O)NC2CCCNC2=O)ccc1-c1ccc(C[C@H](NC(=O)[C@H]2CC[C@H](CNC(=O)OC(C)(C)C)CC2)C(=O)Nc2ccc3cn[nH]c3c2)cc1. The Kier molecular flexibility index (Phi) is 12.2. The summed E-state index contributed by atoms with van der Waals surface area (Å²) >= 11 is 0. The topological polar surface area (TPSA) is 183 Å². The molecular formula is C42H51N7O6. The van der Waals surface area contributed by atoms with E-state index in [-0.39, 0.29) is 41.9 Å². The minimum atomic E-state index is -0.840. The smallest absolute Gasteiger partial charge is 0.407 e. The molecule has 0 radical (unpaired) electrons. The van der Waals surface area contributed by atoms with Crippen LogP contribution in [-0.4, -0.2) is 70.7 Å². The quantitative estimate of drug-likeness (QED) is 0.116. The van der Waals surface area contributed by atoms with Gasteiger partial charge in [-0.15, -0.1) is 0 Å². The maximum Gasteiger partial charge on any atom is 0.407 e. The van der Waals surface area contributed by atoms with Gasteiger partial charge in [-0.25, -0.2) is 4.79 Å². The van der Waals surface area contributed by atoms with Crippen LogP contribution in [0.15, 0.2) is 66.9 Å². The number of carbonyl (C=O) groups excluding carboxylic acids is 5. The van der Waals surface area contributed by atoms with Crippen molar-refractivity contribution in [1.29, 1.82) is 0 Å². The van der Waals surface area contributed by atoms with Crippen molar-refractivity contribution in [3.05, 3.63) is 83.6 Å². The predicted molar refractivity (Wildman–Crippen MR) is 210 cm³/mol. The van der Waals surface area contributed by atoms with Crippen molar-refractivity contribution >= 4 is 46.3 Å². The van der Waals surface area contributed by atoms with E-state index in [4.69, 9.17) is 4.74 Å². The van der Waals surface area contributed by atoms with Gasteiger partial charge in [0.1, 0.15) is 17.7 Å². The van der Waals surface area contributed by atoms with E-state index in [9.17, 15) is 24.0 Å². The van der Waals surface area contributed by atoms with Crippen LogP contribution in [0, 0.1) is 18.8 Å². The number of carbonyl (C=O) groups is 5. The summed E-state index contributed by atoms with van der Waals surface area (Å²) < 4.78 is 5.35. The van der Waals surface area contributed by atoms with Crippen molar-refractivity contribution in [1.82, 2.24) is 31.5 Å².